The van der Waals surface area contributed by atoms with Crippen LogP contribution in [0.5, 0.6) is 5.75 Å². The van der Waals surface area contributed by atoms with Gasteiger partial charge in [-0.25, -0.2) is 4.98 Å². The molecular weight excluding hydrogens is 458 g/mol. The minimum Gasteiger partial charge on any atom is -0.494 e. The van der Waals surface area contributed by atoms with E-state index in [0.29, 0.717) is 30.2 Å². The first-order valence-corrected chi connectivity index (χ1v) is 12.1. The van der Waals surface area contributed by atoms with Crippen LogP contribution in [0.15, 0.2) is 91.0 Å². The van der Waals surface area contributed by atoms with Crippen LogP contribution in [0.1, 0.15) is 22.6 Å². The minimum atomic E-state index is -0.117. The van der Waals surface area contributed by atoms with Gasteiger partial charge in [0.25, 0.3) is 5.91 Å². The van der Waals surface area contributed by atoms with E-state index >= 15 is 0 Å². The predicted molar refractivity (Wildman–Crippen MR) is 141 cm³/mol. The maximum Gasteiger partial charge on any atom is 0.251 e. The number of amides is 1. The fourth-order valence-corrected chi connectivity index (χ4v) is 4.35. The van der Waals surface area contributed by atoms with Crippen molar-refractivity contribution >= 4 is 39.3 Å². The van der Waals surface area contributed by atoms with E-state index < -0.39 is 0 Å². The number of halogens is 1. The minimum absolute atomic E-state index is 0.117. The number of fused-ring (bicyclic) bond motifs is 2. The molecule has 1 heterocycles. The van der Waals surface area contributed by atoms with Crippen LogP contribution >= 0.6 is 11.6 Å². The Kier molecular flexibility index (Phi) is 6.96. The summed E-state index contributed by atoms with van der Waals surface area (Å²) in [5.74, 6) is 1.71. The van der Waals surface area contributed by atoms with Gasteiger partial charge >= 0.3 is 0 Å². The average Bonchev–Trinajstić information content (AvgIpc) is 3.24. The first-order chi connectivity index (χ1) is 17.2. The molecule has 0 saturated carbocycles. The van der Waals surface area contributed by atoms with Crippen molar-refractivity contribution in [2.75, 3.05) is 13.2 Å². The van der Waals surface area contributed by atoms with Gasteiger partial charge in [-0.1, -0.05) is 54.1 Å². The molecule has 4 aromatic carbocycles. The lowest BCUT2D eigenvalue weighted by Crippen LogP contribution is -2.26. The molecule has 176 valence electrons. The van der Waals surface area contributed by atoms with Crippen LogP contribution in [0, 0.1) is 0 Å². The number of hydrogen-bond donors (Lipinski definition) is 1. The van der Waals surface area contributed by atoms with Crippen molar-refractivity contribution in [3.05, 3.63) is 107 Å². The molecule has 0 bridgehead atoms. The summed E-state index contributed by atoms with van der Waals surface area (Å²) in [6, 6.07) is 29.5. The fraction of sp³-hybridized carbons (Fsp3) is 0.172. The SMILES string of the molecule is O=C(NCCc1nc2ccccc2n1CCCOc1ccc2ccccc2c1)c1ccc(Cl)cc1. The molecule has 0 spiro atoms. The molecule has 0 aliphatic heterocycles. The number of carbonyl (C=O) groups excluding carboxylic acids is 1. The third-order valence-electron chi connectivity index (χ3n) is 5.99. The summed E-state index contributed by atoms with van der Waals surface area (Å²) in [5.41, 5.74) is 2.65. The molecule has 0 fully saturated rings. The normalized spacial score (nSPS) is 11.1. The second-order valence-corrected chi connectivity index (χ2v) is 8.83. The van der Waals surface area contributed by atoms with Crippen molar-refractivity contribution in [1.82, 2.24) is 14.9 Å². The second kappa shape index (κ2) is 10.6. The molecule has 1 amide bonds. The molecule has 6 heteroatoms. The lowest BCUT2D eigenvalue weighted by molar-refractivity contribution is 0.0954. The molecule has 0 saturated heterocycles. The number of aromatic nitrogens is 2. The lowest BCUT2D eigenvalue weighted by atomic mass is 10.1. The van der Waals surface area contributed by atoms with Crippen molar-refractivity contribution in [1.29, 1.82) is 0 Å². The average molecular weight is 484 g/mol. The van der Waals surface area contributed by atoms with Crippen molar-refractivity contribution in [2.45, 2.75) is 19.4 Å². The molecule has 0 unspecified atom stereocenters. The number of aryl methyl sites for hydroxylation is 1. The quantitative estimate of drug-likeness (QED) is 0.251. The van der Waals surface area contributed by atoms with E-state index in [1.165, 1.54) is 10.8 Å². The number of nitrogens with one attached hydrogen (secondary N) is 1. The van der Waals surface area contributed by atoms with Crippen LogP contribution in [0.2, 0.25) is 5.02 Å². The number of ether oxygens (including phenoxy) is 1. The Balaban J connectivity index is 1.20. The number of benzene rings is 4. The van der Waals surface area contributed by atoms with E-state index in [4.69, 9.17) is 21.3 Å². The fourth-order valence-electron chi connectivity index (χ4n) is 4.23. The molecule has 1 N–H and O–H groups in total. The number of nitrogens with zero attached hydrogens (tertiary/aromatic N) is 2. The third-order valence-corrected chi connectivity index (χ3v) is 6.24. The van der Waals surface area contributed by atoms with Crippen LogP contribution in [0.4, 0.5) is 0 Å². The van der Waals surface area contributed by atoms with E-state index in [1.807, 2.05) is 36.4 Å². The molecule has 0 atom stereocenters. The van der Waals surface area contributed by atoms with E-state index in [-0.39, 0.29) is 5.91 Å². The lowest BCUT2D eigenvalue weighted by Gasteiger charge is -2.11. The van der Waals surface area contributed by atoms with E-state index in [1.54, 1.807) is 24.3 Å². The Hall–Kier alpha value is -3.83. The van der Waals surface area contributed by atoms with Crippen LogP contribution < -0.4 is 10.1 Å². The summed E-state index contributed by atoms with van der Waals surface area (Å²) in [6.07, 6.45) is 1.48. The monoisotopic (exact) mass is 483 g/mol. The first-order valence-electron chi connectivity index (χ1n) is 11.8. The Morgan fingerprint density at radius 2 is 1.69 bits per heavy atom. The standard InChI is InChI=1S/C29H26ClN3O2/c30-24-13-10-22(11-14-24)29(34)31-17-16-28-32-26-8-3-4-9-27(26)33(28)18-5-19-35-25-15-12-21-6-1-2-7-23(21)20-25/h1-4,6-15,20H,5,16-19H2,(H,31,34). The summed E-state index contributed by atoms with van der Waals surface area (Å²) < 4.78 is 8.26. The van der Waals surface area contributed by atoms with Gasteiger partial charge in [0.1, 0.15) is 11.6 Å². The van der Waals surface area contributed by atoms with Gasteiger partial charge in [-0.05, 0) is 65.7 Å². The highest BCUT2D eigenvalue weighted by molar-refractivity contribution is 6.30. The maximum absolute atomic E-state index is 12.4. The topological polar surface area (TPSA) is 56.2 Å². The highest BCUT2D eigenvalue weighted by atomic mass is 35.5. The zero-order valence-corrected chi connectivity index (χ0v) is 20.0. The summed E-state index contributed by atoms with van der Waals surface area (Å²) in [7, 11) is 0. The molecule has 5 aromatic rings. The van der Waals surface area contributed by atoms with E-state index in [0.717, 1.165) is 35.6 Å². The number of para-hydroxylation sites is 2. The molecular formula is C29H26ClN3O2. The number of carbonyl (C=O) groups is 1. The zero-order chi connectivity index (χ0) is 24.0. The van der Waals surface area contributed by atoms with Gasteiger partial charge in [0.2, 0.25) is 0 Å². The molecule has 5 rings (SSSR count). The second-order valence-electron chi connectivity index (χ2n) is 8.39. The molecule has 0 aliphatic rings. The van der Waals surface area contributed by atoms with Crippen LogP contribution in [0.25, 0.3) is 21.8 Å². The van der Waals surface area contributed by atoms with Crippen molar-refractivity contribution in [3.63, 3.8) is 0 Å². The Morgan fingerprint density at radius 3 is 2.54 bits per heavy atom. The summed E-state index contributed by atoms with van der Waals surface area (Å²) in [6.45, 7) is 1.89. The van der Waals surface area contributed by atoms with Crippen LogP contribution in [-0.2, 0) is 13.0 Å². The highest BCUT2D eigenvalue weighted by Gasteiger charge is 2.11. The van der Waals surface area contributed by atoms with Gasteiger partial charge in [-0.2, -0.15) is 0 Å². The van der Waals surface area contributed by atoms with Gasteiger partial charge < -0.3 is 14.6 Å². The third kappa shape index (κ3) is 5.47. The van der Waals surface area contributed by atoms with E-state index in [9.17, 15) is 4.79 Å². The zero-order valence-electron chi connectivity index (χ0n) is 19.3. The molecule has 0 aliphatic carbocycles. The highest BCUT2D eigenvalue weighted by Crippen LogP contribution is 2.21. The summed E-state index contributed by atoms with van der Waals surface area (Å²) >= 11 is 5.92. The number of hydrogen-bond acceptors (Lipinski definition) is 3. The predicted octanol–water partition coefficient (Wildman–Crippen LogP) is 6.28. The van der Waals surface area contributed by atoms with Crippen LogP contribution in [0.3, 0.4) is 0 Å². The summed E-state index contributed by atoms with van der Waals surface area (Å²) in [4.78, 5) is 17.3. The Bertz CT molecular complexity index is 1460. The number of imidazole rings is 1. The Labute approximate surface area is 209 Å². The van der Waals surface area contributed by atoms with Crippen molar-refractivity contribution in [3.8, 4) is 5.75 Å². The van der Waals surface area contributed by atoms with Crippen LogP contribution in [-0.4, -0.2) is 28.6 Å². The Morgan fingerprint density at radius 1 is 0.914 bits per heavy atom. The molecule has 5 nitrogen and oxygen atoms in total. The molecule has 35 heavy (non-hydrogen) atoms. The van der Waals surface area contributed by atoms with Crippen molar-refractivity contribution in [2.24, 2.45) is 0 Å². The van der Waals surface area contributed by atoms with Gasteiger partial charge in [0.05, 0.1) is 17.6 Å². The first kappa shape index (κ1) is 22.9. The summed E-state index contributed by atoms with van der Waals surface area (Å²) in [5, 5.41) is 5.97. The van der Waals surface area contributed by atoms with Crippen molar-refractivity contribution < 1.29 is 9.53 Å². The van der Waals surface area contributed by atoms with Gasteiger partial charge in [0.15, 0.2) is 0 Å². The smallest absolute Gasteiger partial charge is 0.251 e. The maximum atomic E-state index is 12.4. The van der Waals surface area contributed by atoms with E-state index in [2.05, 4.69) is 40.2 Å². The number of rotatable bonds is 9. The largest absolute Gasteiger partial charge is 0.494 e. The van der Waals surface area contributed by atoms with Gasteiger partial charge in [0, 0.05) is 30.1 Å². The van der Waals surface area contributed by atoms with Gasteiger partial charge in [-0.3, -0.25) is 4.79 Å². The molecule has 0 radical (unpaired) electrons. The molecule has 1 aromatic heterocycles. The van der Waals surface area contributed by atoms with Gasteiger partial charge in [-0.15, -0.1) is 0 Å².